The lowest BCUT2D eigenvalue weighted by molar-refractivity contribution is -0.132. The summed E-state index contributed by atoms with van der Waals surface area (Å²) in [5.74, 6) is -0.926. The number of hydrogen-bond donors (Lipinski definition) is 1. The van der Waals surface area contributed by atoms with Crippen LogP contribution in [0, 0.1) is 0 Å². The Morgan fingerprint density at radius 2 is 2.10 bits per heavy atom. The first-order valence-electron chi connectivity index (χ1n) is 6.71. The van der Waals surface area contributed by atoms with Gasteiger partial charge in [-0.25, -0.2) is 4.79 Å². The van der Waals surface area contributed by atoms with Crippen LogP contribution in [0.15, 0.2) is 23.8 Å². The second-order valence-corrected chi connectivity index (χ2v) is 5.14. The summed E-state index contributed by atoms with van der Waals surface area (Å²) in [6.07, 6.45) is 2.59. The van der Waals surface area contributed by atoms with E-state index in [1.807, 2.05) is 11.5 Å². The number of aryl methyl sites for hydroxylation is 2. The van der Waals surface area contributed by atoms with Gasteiger partial charge in [0, 0.05) is 28.6 Å². The highest BCUT2D eigenvalue weighted by atomic mass is 35.5. The lowest BCUT2D eigenvalue weighted by atomic mass is 10.1. The Kier molecular flexibility index (Phi) is 4.19. The first-order valence-corrected chi connectivity index (χ1v) is 7.09. The summed E-state index contributed by atoms with van der Waals surface area (Å²) < 4.78 is 2.00. The molecule has 0 aliphatic heterocycles. The predicted octanol–water partition coefficient (Wildman–Crippen LogP) is 4.36. The largest absolute Gasteiger partial charge is 0.478 e. The van der Waals surface area contributed by atoms with E-state index in [2.05, 4.69) is 25.1 Å². The normalized spacial score (nSPS) is 12.1. The fourth-order valence-electron chi connectivity index (χ4n) is 2.34. The molecule has 1 N–H and O–H groups in total. The topological polar surface area (TPSA) is 42.2 Å². The van der Waals surface area contributed by atoms with Crippen molar-refractivity contribution in [2.75, 3.05) is 0 Å². The van der Waals surface area contributed by atoms with E-state index in [9.17, 15) is 4.79 Å². The van der Waals surface area contributed by atoms with E-state index in [0.29, 0.717) is 5.15 Å². The molecule has 1 aromatic heterocycles. The van der Waals surface area contributed by atoms with Gasteiger partial charge in [0.25, 0.3) is 0 Å². The van der Waals surface area contributed by atoms with Gasteiger partial charge in [-0.05, 0) is 44.0 Å². The molecule has 4 heteroatoms. The fraction of sp³-hybridized carbons (Fsp3) is 0.312. The maximum atomic E-state index is 11.0. The van der Waals surface area contributed by atoms with E-state index in [0.717, 1.165) is 29.4 Å². The summed E-state index contributed by atoms with van der Waals surface area (Å²) in [4.78, 5) is 11.0. The molecule has 3 nitrogen and oxygen atoms in total. The number of aromatic nitrogens is 1. The number of halogens is 1. The standard InChI is InChI=1S/C16H18ClNO2/c1-4-11-6-7-14-12(9-11)13(8-10(3)16(19)20)15(17)18(14)5-2/h6-9H,4-5H2,1-3H3,(H,19,20)/b10-8+. The van der Waals surface area contributed by atoms with Crippen molar-refractivity contribution in [3.05, 3.63) is 40.1 Å². The third-order valence-corrected chi connectivity index (χ3v) is 3.93. The number of carboxylic acids is 1. The second-order valence-electron chi connectivity index (χ2n) is 4.79. The number of rotatable bonds is 4. The molecular weight excluding hydrogens is 274 g/mol. The molecule has 0 aliphatic carbocycles. The maximum absolute atomic E-state index is 11.0. The maximum Gasteiger partial charge on any atom is 0.331 e. The molecule has 1 aromatic carbocycles. The predicted molar refractivity (Wildman–Crippen MR) is 83.3 cm³/mol. The van der Waals surface area contributed by atoms with Crippen LogP contribution in [-0.2, 0) is 17.8 Å². The molecule has 2 aromatic rings. The van der Waals surface area contributed by atoms with Gasteiger partial charge in [0.05, 0.1) is 0 Å². The minimum absolute atomic E-state index is 0.281. The molecule has 20 heavy (non-hydrogen) atoms. The van der Waals surface area contributed by atoms with E-state index in [1.54, 1.807) is 13.0 Å². The van der Waals surface area contributed by atoms with E-state index >= 15 is 0 Å². The molecule has 0 saturated carbocycles. The summed E-state index contributed by atoms with van der Waals surface area (Å²) in [6.45, 7) is 6.45. The smallest absolute Gasteiger partial charge is 0.331 e. The molecular formula is C16H18ClNO2. The average molecular weight is 292 g/mol. The zero-order valence-electron chi connectivity index (χ0n) is 11.9. The second kappa shape index (κ2) is 5.71. The minimum atomic E-state index is -0.926. The van der Waals surface area contributed by atoms with Gasteiger partial charge in [-0.3, -0.25) is 0 Å². The Balaban J connectivity index is 2.77. The molecule has 0 radical (unpaired) electrons. The van der Waals surface area contributed by atoms with Crippen LogP contribution in [0.5, 0.6) is 0 Å². The lowest BCUT2D eigenvalue weighted by Crippen LogP contribution is -1.96. The molecule has 0 bridgehead atoms. The quantitative estimate of drug-likeness (QED) is 0.850. The number of carboxylic acid groups (broad SMARTS) is 1. The van der Waals surface area contributed by atoms with E-state index in [1.165, 1.54) is 5.56 Å². The van der Waals surface area contributed by atoms with Crippen molar-refractivity contribution in [3.8, 4) is 0 Å². The zero-order chi connectivity index (χ0) is 14.9. The Labute approximate surface area is 123 Å². The van der Waals surface area contributed by atoms with Crippen LogP contribution in [-0.4, -0.2) is 15.6 Å². The van der Waals surface area contributed by atoms with Gasteiger partial charge in [0.1, 0.15) is 5.15 Å². The number of benzene rings is 1. The Morgan fingerprint density at radius 1 is 1.40 bits per heavy atom. The molecule has 106 valence electrons. The molecule has 0 aliphatic rings. The van der Waals surface area contributed by atoms with E-state index in [-0.39, 0.29) is 5.57 Å². The number of aliphatic carboxylic acids is 1. The van der Waals surface area contributed by atoms with Crippen molar-refractivity contribution in [2.24, 2.45) is 0 Å². The van der Waals surface area contributed by atoms with Crippen molar-refractivity contribution in [2.45, 2.75) is 33.7 Å². The van der Waals surface area contributed by atoms with Crippen molar-refractivity contribution >= 4 is 34.5 Å². The van der Waals surface area contributed by atoms with Crippen molar-refractivity contribution < 1.29 is 9.90 Å². The fourth-order valence-corrected chi connectivity index (χ4v) is 2.71. The van der Waals surface area contributed by atoms with Crippen LogP contribution in [0.2, 0.25) is 5.15 Å². The van der Waals surface area contributed by atoms with Gasteiger partial charge in [-0.15, -0.1) is 0 Å². The summed E-state index contributed by atoms with van der Waals surface area (Å²) in [7, 11) is 0. The first-order chi connectivity index (χ1) is 9.49. The van der Waals surface area contributed by atoms with Crippen molar-refractivity contribution in [1.82, 2.24) is 4.57 Å². The highest BCUT2D eigenvalue weighted by Gasteiger charge is 2.14. The zero-order valence-corrected chi connectivity index (χ0v) is 12.7. The Bertz CT molecular complexity index is 698. The van der Waals surface area contributed by atoms with Crippen LogP contribution in [0.3, 0.4) is 0 Å². The molecule has 0 atom stereocenters. The molecule has 0 spiro atoms. The van der Waals surface area contributed by atoms with Gasteiger partial charge >= 0.3 is 5.97 Å². The van der Waals surface area contributed by atoms with Gasteiger partial charge < -0.3 is 9.67 Å². The molecule has 0 saturated heterocycles. The van der Waals surface area contributed by atoms with Crippen LogP contribution < -0.4 is 0 Å². The third-order valence-electron chi connectivity index (χ3n) is 3.52. The Morgan fingerprint density at radius 3 is 2.65 bits per heavy atom. The molecule has 0 unspecified atom stereocenters. The Hall–Kier alpha value is -1.74. The van der Waals surface area contributed by atoms with Gasteiger partial charge in [-0.2, -0.15) is 0 Å². The summed E-state index contributed by atoms with van der Waals surface area (Å²) in [5, 5.41) is 10.7. The van der Waals surface area contributed by atoms with Gasteiger partial charge in [0.2, 0.25) is 0 Å². The SMILES string of the molecule is CCc1ccc2c(c1)c(/C=C(\C)C(=O)O)c(Cl)n2CC. The number of nitrogens with zero attached hydrogens (tertiary/aromatic N) is 1. The lowest BCUT2D eigenvalue weighted by Gasteiger charge is -2.02. The minimum Gasteiger partial charge on any atom is -0.478 e. The molecule has 2 rings (SSSR count). The monoisotopic (exact) mass is 291 g/mol. The van der Waals surface area contributed by atoms with E-state index < -0.39 is 5.97 Å². The summed E-state index contributed by atoms with van der Waals surface area (Å²) in [6, 6.07) is 6.23. The molecule has 0 fully saturated rings. The van der Waals surface area contributed by atoms with E-state index in [4.69, 9.17) is 16.7 Å². The first kappa shape index (κ1) is 14.7. The van der Waals surface area contributed by atoms with Crippen LogP contribution >= 0.6 is 11.6 Å². The van der Waals surface area contributed by atoms with Crippen LogP contribution in [0.1, 0.15) is 31.9 Å². The van der Waals surface area contributed by atoms with Gasteiger partial charge in [-0.1, -0.05) is 24.6 Å². The number of carbonyl (C=O) groups is 1. The number of hydrogen-bond acceptors (Lipinski definition) is 1. The third kappa shape index (κ3) is 2.46. The molecule has 1 heterocycles. The van der Waals surface area contributed by atoms with Crippen LogP contribution in [0.25, 0.3) is 17.0 Å². The summed E-state index contributed by atoms with van der Waals surface area (Å²) in [5.41, 5.74) is 3.33. The van der Waals surface area contributed by atoms with Crippen molar-refractivity contribution in [1.29, 1.82) is 0 Å². The highest BCUT2D eigenvalue weighted by Crippen LogP contribution is 2.32. The van der Waals surface area contributed by atoms with Gasteiger partial charge in [0.15, 0.2) is 0 Å². The highest BCUT2D eigenvalue weighted by molar-refractivity contribution is 6.33. The molecule has 0 amide bonds. The summed E-state index contributed by atoms with van der Waals surface area (Å²) >= 11 is 6.42. The van der Waals surface area contributed by atoms with Crippen molar-refractivity contribution in [3.63, 3.8) is 0 Å². The number of fused-ring (bicyclic) bond motifs is 1. The van der Waals surface area contributed by atoms with Crippen LogP contribution in [0.4, 0.5) is 0 Å². The average Bonchev–Trinajstić information content (AvgIpc) is 2.70.